The second kappa shape index (κ2) is 9.37. The number of hydrogen-bond acceptors (Lipinski definition) is 4. The summed E-state index contributed by atoms with van der Waals surface area (Å²) in [4.78, 5) is 28.0. The molecule has 1 aliphatic rings. The maximum absolute atomic E-state index is 13.4. The molecule has 1 N–H and O–H groups in total. The fourth-order valence-electron chi connectivity index (χ4n) is 3.20. The number of imide groups is 1. The molecule has 0 unspecified atom stereocenters. The van der Waals surface area contributed by atoms with Crippen LogP contribution in [0.4, 0.5) is 24.5 Å². The largest absolute Gasteiger partial charge is 0.416 e. The third-order valence-electron chi connectivity index (χ3n) is 4.91. The molecule has 3 aromatic rings. The summed E-state index contributed by atoms with van der Waals surface area (Å²) in [5.41, 5.74) is 0.0810. The second-order valence-electron chi connectivity index (χ2n) is 7.36. The van der Waals surface area contributed by atoms with Gasteiger partial charge in [0.1, 0.15) is 10.6 Å². The van der Waals surface area contributed by atoms with E-state index in [1.807, 2.05) is 19.1 Å². The third kappa shape index (κ3) is 4.94. The van der Waals surface area contributed by atoms with Crippen LogP contribution in [0.5, 0.6) is 0 Å². The van der Waals surface area contributed by atoms with E-state index in [1.54, 1.807) is 36.4 Å². The Morgan fingerprint density at radius 2 is 1.53 bits per heavy atom. The summed E-state index contributed by atoms with van der Waals surface area (Å²) < 4.78 is 39.9. The summed E-state index contributed by atoms with van der Waals surface area (Å²) in [6.45, 7) is 1.90. The number of anilines is 2. The van der Waals surface area contributed by atoms with Crippen molar-refractivity contribution in [3.05, 3.63) is 98.5 Å². The molecule has 0 aliphatic carbocycles. The minimum absolute atomic E-state index is 0.0152. The maximum atomic E-state index is 13.4. The normalized spacial score (nSPS) is 14.2. The molecular weight excluding hydrogens is 508 g/mol. The molecule has 3 aromatic carbocycles. The maximum Gasteiger partial charge on any atom is 0.416 e. The van der Waals surface area contributed by atoms with Crippen molar-refractivity contribution >= 4 is 58.2 Å². The Kier molecular flexibility index (Phi) is 6.66. The molecule has 0 radical (unpaired) electrons. The second-order valence-corrected chi connectivity index (χ2v) is 9.29. The molecule has 0 fully saturated rings. The number of halogens is 5. The number of hydrogen-bond donors (Lipinski definition) is 1. The van der Waals surface area contributed by atoms with E-state index in [-0.39, 0.29) is 21.3 Å². The smallest absolute Gasteiger partial charge is 0.350 e. The van der Waals surface area contributed by atoms with Crippen LogP contribution in [0.15, 0.2) is 82.2 Å². The summed E-state index contributed by atoms with van der Waals surface area (Å²) in [6, 6.07) is 16.2. The molecule has 1 heterocycles. The Morgan fingerprint density at radius 3 is 2.15 bits per heavy atom. The van der Waals surface area contributed by atoms with Gasteiger partial charge >= 0.3 is 6.18 Å². The van der Waals surface area contributed by atoms with Crippen molar-refractivity contribution in [2.75, 3.05) is 10.2 Å². The van der Waals surface area contributed by atoms with Crippen LogP contribution in [0.25, 0.3) is 0 Å². The number of aryl methyl sites for hydroxylation is 1. The SMILES string of the molecule is Cc1ccc(NC2=C(Sc3ccc(Cl)cc3)C(=O)N(c3cc(C(F)(F)F)ccc3Cl)C2=O)cc1. The predicted molar refractivity (Wildman–Crippen MR) is 128 cm³/mol. The highest BCUT2D eigenvalue weighted by Crippen LogP contribution is 2.42. The van der Waals surface area contributed by atoms with Gasteiger partial charge in [-0.05, 0) is 61.5 Å². The highest BCUT2D eigenvalue weighted by molar-refractivity contribution is 8.04. The molecule has 2 amide bonds. The Bertz CT molecular complexity index is 1240. The van der Waals surface area contributed by atoms with Crippen LogP contribution in [-0.4, -0.2) is 11.8 Å². The van der Waals surface area contributed by atoms with Gasteiger partial charge in [-0.1, -0.05) is 52.7 Å². The summed E-state index contributed by atoms with van der Waals surface area (Å²) in [5, 5.41) is 3.27. The minimum atomic E-state index is -4.68. The number of carbonyl (C=O) groups excluding carboxylic acids is 2. The summed E-state index contributed by atoms with van der Waals surface area (Å²) >= 11 is 13.1. The zero-order valence-electron chi connectivity index (χ0n) is 17.4. The van der Waals surface area contributed by atoms with Crippen LogP contribution in [-0.2, 0) is 15.8 Å². The van der Waals surface area contributed by atoms with E-state index in [2.05, 4.69) is 5.32 Å². The molecule has 10 heteroatoms. The van der Waals surface area contributed by atoms with E-state index >= 15 is 0 Å². The van der Waals surface area contributed by atoms with Gasteiger partial charge in [0.05, 0.1) is 16.3 Å². The molecule has 174 valence electrons. The van der Waals surface area contributed by atoms with Crippen LogP contribution in [0.3, 0.4) is 0 Å². The molecular formula is C24H15Cl2F3N2O2S. The van der Waals surface area contributed by atoms with E-state index in [0.29, 0.717) is 26.6 Å². The average molecular weight is 523 g/mol. The van der Waals surface area contributed by atoms with Gasteiger partial charge in [-0.2, -0.15) is 13.2 Å². The molecule has 4 nitrogen and oxygen atoms in total. The fraction of sp³-hybridized carbons (Fsp3) is 0.0833. The standard InChI is InChI=1S/C24H15Cl2F3N2O2S/c1-13-2-7-16(8-3-13)30-20-21(34-17-9-5-15(25)6-10-17)23(33)31(22(20)32)19-12-14(24(27,28)29)4-11-18(19)26/h2-12,30H,1H3. The van der Waals surface area contributed by atoms with Crippen LogP contribution in [0, 0.1) is 6.92 Å². The quantitative estimate of drug-likeness (QED) is 0.357. The molecule has 34 heavy (non-hydrogen) atoms. The third-order valence-corrected chi connectivity index (χ3v) is 6.57. The van der Waals surface area contributed by atoms with Gasteiger partial charge in [-0.15, -0.1) is 0 Å². The molecule has 0 bridgehead atoms. The van der Waals surface area contributed by atoms with Crippen molar-refractivity contribution < 1.29 is 22.8 Å². The Labute approximate surface area is 207 Å². The van der Waals surface area contributed by atoms with Crippen LogP contribution in [0.2, 0.25) is 10.0 Å². The number of benzene rings is 3. The van der Waals surface area contributed by atoms with Crippen molar-refractivity contribution in [3.63, 3.8) is 0 Å². The molecule has 0 saturated heterocycles. The lowest BCUT2D eigenvalue weighted by Gasteiger charge is -2.18. The van der Waals surface area contributed by atoms with Crippen molar-refractivity contribution in [2.24, 2.45) is 0 Å². The molecule has 4 rings (SSSR count). The summed E-state index contributed by atoms with van der Waals surface area (Å²) in [5.74, 6) is -1.61. The van der Waals surface area contributed by atoms with Crippen molar-refractivity contribution in [2.45, 2.75) is 18.0 Å². The first-order valence-corrected chi connectivity index (χ1v) is 11.4. The van der Waals surface area contributed by atoms with Gasteiger partial charge in [-0.25, -0.2) is 4.90 Å². The number of rotatable bonds is 5. The summed E-state index contributed by atoms with van der Waals surface area (Å²) in [7, 11) is 0. The van der Waals surface area contributed by atoms with Gasteiger partial charge in [0, 0.05) is 15.6 Å². The van der Waals surface area contributed by atoms with E-state index < -0.39 is 23.6 Å². The van der Waals surface area contributed by atoms with Gasteiger partial charge in [-0.3, -0.25) is 9.59 Å². The Hall–Kier alpha value is -2.94. The number of nitrogens with one attached hydrogen (secondary N) is 1. The molecule has 0 spiro atoms. The Morgan fingerprint density at radius 1 is 0.882 bits per heavy atom. The number of amides is 2. The first kappa shape index (κ1) is 24.2. The van der Waals surface area contributed by atoms with E-state index in [4.69, 9.17) is 23.2 Å². The van der Waals surface area contributed by atoms with Crippen LogP contribution < -0.4 is 10.2 Å². The average Bonchev–Trinajstić information content (AvgIpc) is 3.00. The van der Waals surface area contributed by atoms with Gasteiger partial charge < -0.3 is 5.32 Å². The lowest BCUT2D eigenvalue weighted by atomic mass is 10.2. The predicted octanol–water partition coefficient (Wildman–Crippen LogP) is 7.31. The van der Waals surface area contributed by atoms with Gasteiger partial charge in [0.15, 0.2) is 0 Å². The molecule has 0 atom stereocenters. The van der Waals surface area contributed by atoms with E-state index in [9.17, 15) is 22.8 Å². The summed E-state index contributed by atoms with van der Waals surface area (Å²) in [6.07, 6.45) is -4.68. The topological polar surface area (TPSA) is 49.4 Å². The lowest BCUT2D eigenvalue weighted by molar-refractivity contribution is -0.137. The van der Waals surface area contributed by atoms with Crippen LogP contribution in [0.1, 0.15) is 11.1 Å². The van der Waals surface area contributed by atoms with Gasteiger partial charge in [0.25, 0.3) is 11.8 Å². The first-order valence-electron chi connectivity index (χ1n) is 9.81. The molecule has 0 aromatic heterocycles. The van der Waals surface area contributed by atoms with Crippen molar-refractivity contribution in [1.82, 2.24) is 0 Å². The first-order chi connectivity index (χ1) is 16.0. The number of nitrogens with zero attached hydrogens (tertiary/aromatic N) is 1. The zero-order valence-corrected chi connectivity index (χ0v) is 19.7. The highest BCUT2D eigenvalue weighted by Gasteiger charge is 2.42. The highest BCUT2D eigenvalue weighted by atomic mass is 35.5. The van der Waals surface area contributed by atoms with Crippen molar-refractivity contribution in [3.8, 4) is 0 Å². The minimum Gasteiger partial charge on any atom is -0.350 e. The lowest BCUT2D eigenvalue weighted by Crippen LogP contribution is -2.33. The van der Waals surface area contributed by atoms with Gasteiger partial charge in [0.2, 0.25) is 0 Å². The molecule has 1 aliphatic heterocycles. The zero-order chi connectivity index (χ0) is 24.6. The molecule has 0 saturated carbocycles. The van der Waals surface area contributed by atoms with E-state index in [1.165, 1.54) is 0 Å². The van der Waals surface area contributed by atoms with Crippen molar-refractivity contribution in [1.29, 1.82) is 0 Å². The number of alkyl halides is 3. The monoisotopic (exact) mass is 522 g/mol. The number of carbonyl (C=O) groups is 2. The Balaban J connectivity index is 1.78. The van der Waals surface area contributed by atoms with Crippen LogP contribution >= 0.6 is 35.0 Å². The number of thioether (sulfide) groups is 1. The fourth-order valence-corrected chi connectivity index (χ4v) is 4.45. The van der Waals surface area contributed by atoms with E-state index in [0.717, 1.165) is 29.5 Å².